The molecule has 3 aliphatic rings. The van der Waals surface area contributed by atoms with E-state index in [0.29, 0.717) is 22.0 Å². The Balaban J connectivity index is 1.36. The van der Waals surface area contributed by atoms with E-state index in [2.05, 4.69) is 15.1 Å². The predicted molar refractivity (Wildman–Crippen MR) is 96.7 cm³/mol. The molecule has 24 heavy (non-hydrogen) atoms. The third-order valence-electron chi connectivity index (χ3n) is 5.61. The van der Waals surface area contributed by atoms with Crippen LogP contribution in [-0.4, -0.2) is 61.0 Å². The number of carbonyl (C=O) groups is 1. The Morgan fingerprint density at radius 2 is 1.96 bits per heavy atom. The van der Waals surface area contributed by atoms with Crippen LogP contribution in [-0.2, 0) is 4.79 Å². The van der Waals surface area contributed by atoms with Crippen LogP contribution in [0.15, 0.2) is 18.2 Å². The van der Waals surface area contributed by atoms with Crippen molar-refractivity contribution in [3.8, 4) is 0 Å². The van der Waals surface area contributed by atoms with E-state index in [-0.39, 0.29) is 11.8 Å². The van der Waals surface area contributed by atoms with Gasteiger partial charge in [-0.25, -0.2) is 0 Å². The van der Waals surface area contributed by atoms with Crippen LogP contribution in [0.5, 0.6) is 0 Å². The Morgan fingerprint density at radius 3 is 2.71 bits per heavy atom. The van der Waals surface area contributed by atoms with E-state index in [1.165, 1.54) is 0 Å². The molecule has 130 valence electrons. The van der Waals surface area contributed by atoms with E-state index < -0.39 is 0 Å². The Labute approximate surface area is 153 Å². The molecule has 1 N–H and O–H groups in total. The molecule has 3 atom stereocenters. The molecule has 3 unspecified atom stereocenters. The van der Waals surface area contributed by atoms with Gasteiger partial charge in [-0.15, -0.1) is 0 Å². The summed E-state index contributed by atoms with van der Waals surface area (Å²) in [7, 11) is 0. The Morgan fingerprint density at radius 1 is 1.17 bits per heavy atom. The Bertz CT molecular complexity index is 633. The summed E-state index contributed by atoms with van der Waals surface area (Å²) in [5.74, 6) is 0.676. The number of benzene rings is 1. The number of nitrogens with one attached hydrogen (secondary N) is 1. The minimum absolute atomic E-state index is 0.102. The number of hydrogen-bond acceptors (Lipinski definition) is 3. The first-order chi connectivity index (χ1) is 11.6. The number of nitrogens with zero attached hydrogens (tertiary/aromatic N) is 2. The number of carbonyl (C=O) groups excluding carboxylic acids is 1. The summed E-state index contributed by atoms with van der Waals surface area (Å²) in [6, 6.07) is 6.14. The summed E-state index contributed by atoms with van der Waals surface area (Å²) >= 11 is 12.3. The van der Waals surface area contributed by atoms with Gasteiger partial charge in [0.15, 0.2) is 0 Å². The molecule has 2 saturated heterocycles. The van der Waals surface area contributed by atoms with Gasteiger partial charge in [0, 0.05) is 61.3 Å². The molecule has 1 amide bonds. The smallest absolute Gasteiger partial charge is 0.226 e. The second kappa shape index (κ2) is 6.83. The van der Waals surface area contributed by atoms with Crippen LogP contribution in [0.1, 0.15) is 24.3 Å². The summed E-state index contributed by atoms with van der Waals surface area (Å²) in [5.41, 5.74) is 1.07. The molecule has 0 spiro atoms. The highest BCUT2D eigenvalue weighted by Crippen LogP contribution is 2.51. The lowest BCUT2D eigenvalue weighted by molar-refractivity contribution is -0.131. The van der Waals surface area contributed by atoms with E-state index in [1.54, 1.807) is 6.07 Å². The molecule has 1 aliphatic carbocycles. The average molecular weight is 368 g/mol. The third-order valence-corrected chi connectivity index (χ3v) is 6.18. The summed E-state index contributed by atoms with van der Waals surface area (Å²) in [4.78, 5) is 17.4. The molecule has 1 aromatic carbocycles. The van der Waals surface area contributed by atoms with Crippen LogP contribution in [0.4, 0.5) is 0 Å². The zero-order valence-corrected chi connectivity index (χ0v) is 15.2. The van der Waals surface area contributed by atoms with Crippen molar-refractivity contribution in [1.29, 1.82) is 0 Å². The fourth-order valence-electron chi connectivity index (χ4n) is 4.14. The Kier molecular flexibility index (Phi) is 4.74. The van der Waals surface area contributed by atoms with Crippen LogP contribution < -0.4 is 5.32 Å². The highest BCUT2D eigenvalue weighted by molar-refractivity contribution is 6.35. The molecular weight excluding hydrogens is 345 g/mol. The fourth-order valence-corrected chi connectivity index (χ4v) is 4.68. The molecule has 2 heterocycles. The summed E-state index contributed by atoms with van der Waals surface area (Å²) < 4.78 is 0. The van der Waals surface area contributed by atoms with Crippen molar-refractivity contribution in [3.63, 3.8) is 0 Å². The van der Waals surface area contributed by atoms with Gasteiger partial charge < -0.3 is 10.2 Å². The van der Waals surface area contributed by atoms with Crippen molar-refractivity contribution < 1.29 is 4.79 Å². The van der Waals surface area contributed by atoms with E-state index in [4.69, 9.17) is 23.2 Å². The number of rotatable bonds is 3. The van der Waals surface area contributed by atoms with Gasteiger partial charge in [0.05, 0.1) is 0 Å². The van der Waals surface area contributed by atoms with Crippen molar-refractivity contribution in [3.05, 3.63) is 33.8 Å². The average Bonchev–Trinajstić information content (AvgIpc) is 3.21. The minimum atomic E-state index is 0.102. The molecule has 4 rings (SSSR count). The maximum Gasteiger partial charge on any atom is 0.226 e. The number of piperazine rings is 1. The van der Waals surface area contributed by atoms with Gasteiger partial charge in [-0.05, 0) is 36.5 Å². The fraction of sp³-hybridized carbons (Fsp3) is 0.611. The van der Waals surface area contributed by atoms with Crippen molar-refractivity contribution in [1.82, 2.24) is 15.1 Å². The van der Waals surface area contributed by atoms with Crippen molar-refractivity contribution in [2.45, 2.75) is 24.8 Å². The molecule has 6 heteroatoms. The van der Waals surface area contributed by atoms with Crippen molar-refractivity contribution in [2.75, 3.05) is 39.3 Å². The maximum absolute atomic E-state index is 12.8. The molecule has 0 aromatic heterocycles. The lowest BCUT2D eigenvalue weighted by Crippen LogP contribution is -2.49. The molecule has 3 fully saturated rings. The number of hydrogen-bond donors (Lipinski definition) is 1. The third kappa shape index (κ3) is 3.30. The standard InChI is InChI=1S/C18H23Cl2N3O/c19-12-1-2-14(17(20)9-12)15-10-16(15)18(24)23-6-3-13(11-23)22-7-4-21-5-8-22/h1-2,9,13,15-16,21H,3-8,10-11H2. The molecule has 1 aromatic rings. The highest BCUT2D eigenvalue weighted by atomic mass is 35.5. The topological polar surface area (TPSA) is 35.6 Å². The quantitative estimate of drug-likeness (QED) is 0.891. The molecular formula is C18H23Cl2N3O. The van der Waals surface area contributed by atoms with Gasteiger partial charge in [-0.2, -0.15) is 0 Å². The van der Waals surface area contributed by atoms with E-state index >= 15 is 0 Å². The van der Waals surface area contributed by atoms with E-state index in [9.17, 15) is 4.79 Å². The molecule has 0 bridgehead atoms. The van der Waals surface area contributed by atoms with Crippen molar-refractivity contribution in [2.24, 2.45) is 5.92 Å². The van der Waals surface area contributed by atoms with Crippen LogP contribution in [0.25, 0.3) is 0 Å². The first-order valence-corrected chi connectivity index (χ1v) is 9.57. The SMILES string of the molecule is O=C(C1CC1c1ccc(Cl)cc1Cl)N1CCC(N2CCNCC2)C1. The highest BCUT2D eigenvalue weighted by Gasteiger charge is 2.47. The molecule has 2 aliphatic heterocycles. The summed E-state index contributed by atoms with van der Waals surface area (Å²) in [5, 5.41) is 4.72. The summed E-state index contributed by atoms with van der Waals surface area (Å²) in [6.45, 7) is 6.09. The maximum atomic E-state index is 12.8. The lowest BCUT2D eigenvalue weighted by Gasteiger charge is -2.32. The summed E-state index contributed by atoms with van der Waals surface area (Å²) in [6.07, 6.45) is 2.01. The van der Waals surface area contributed by atoms with Gasteiger partial charge in [0.1, 0.15) is 0 Å². The number of amides is 1. The van der Waals surface area contributed by atoms with Crippen LogP contribution in [0, 0.1) is 5.92 Å². The number of likely N-dealkylation sites (tertiary alicyclic amines) is 1. The normalized spacial score (nSPS) is 30.6. The van der Waals surface area contributed by atoms with Crippen LogP contribution >= 0.6 is 23.2 Å². The monoisotopic (exact) mass is 367 g/mol. The van der Waals surface area contributed by atoms with Gasteiger partial charge >= 0.3 is 0 Å². The zero-order valence-electron chi connectivity index (χ0n) is 13.7. The van der Waals surface area contributed by atoms with Gasteiger partial charge in [-0.1, -0.05) is 29.3 Å². The lowest BCUT2D eigenvalue weighted by atomic mass is 10.1. The van der Waals surface area contributed by atoms with Crippen LogP contribution in [0.3, 0.4) is 0 Å². The first kappa shape index (κ1) is 16.6. The first-order valence-electron chi connectivity index (χ1n) is 8.82. The number of halogens is 2. The Hall–Kier alpha value is -0.810. The van der Waals surface area contributed by atoms with Gasteiger partial charge in [0.2, 0.25) is 5.91 Å². The second-order valence-electron chi connectivity index (χ2n) is 7.13. The second-order valence-corrected chi connectivity index (χ2v) is 7.97. The molecule has 0 radical (unpaired) electrons. The van der Waals surface area contributed by atoms with Crippen LogP contribution in [0.2, 0.25) is 10.0 Å². The van der Waals surface area contributed by atoms with E-state index in [1.807, 2.05) is 12.1 Å². The van der Waals surface area contributed by atoms with E-state index in [0.717, 1.165) is 57.7 Å². The minimum Gasteiger partial charge on any atom is -0.341 e. The predicted octanol–water partition coefficient (Wildman–Crippen LogP) is 2.60. The zero-order chi connectivity index (χ0) is 16.7. The van der Waals surface area contributed by atoms with Gasteiger partial charge in [-0.3, -0.25) is 9.69 Å². The molecule has 1 saturated carbocycles. The largest absolute Gasteiger partial charge is 0.341 e. The van der Waals surface area contributed by atoms with Crippen molar-refractivity contribution >= 4 is 29.1 Å². The van der Waals surface area contributed by atoms with Gasteiger partial charge in [0.25, 0.3) is 0 Å². The molecule has 4 nitrogen and oxygen atoms in total.